The van der Waals surface area contributed by atoms with Gasteiger partial charge in [0.1, 0.15) is 0 Å². The lowest BCUT2D eigenvalue weighted by Gasteiger charge is -2.31. The van der Waals surface area contributed by atoms with Crippen LogP contribution in [0.25, 0.3) is 0 Å². The van der Waals surface area contributed by atoms with Gasteiger partial charge in [0.2, 0.25) is 11.8 Å². The summed E-state index contributed by atoms with van der Waals surface area (Å²) in [6, 6.07) is 0. The number of amides is 2. The molecule has 1 heterocycles. The van der Waals surface area contributed by atoms with Gasteiger partial charge < -0.3 is 14.9 Å². The third kappa shape index (κ3) is 5.84. The van der Waals surface area contributed by atoms with Crippen LogP contribution in [0.4, 0.5) is 0 Å². The van der Waals surface area contributed by atoms with Crippen LogP contribution in [0, 0.1) is 17.8 Å². The van der Waals surface area contributed by atoms with Gasteiger partial charge in [0.05, 0.1) is 12.5 Å². The second-order valence-electron chi connectivity index (χ2n) is 6.86. The van der Waals surface area contributed by atoms with Gasteiger partial charge in [-0.3, -0.25) is 14.4 Å². The van der Waals surface area contributed by atoms with E-state index in [0.717, 1.165) is 6.42 Å². The van der Waals surface area contributed by atoms with Crippen LogP contribution in [-0.2, 0) is 14.4 Å². The maximum atomic E-state index is 12.3. The third-order valence-corrected chi connectivity index (χ3v) is 4.90. The number of rotatable bonds is 7. The first-order chi connectivity index (χ1) is 10.8. The zero-order valence-electron chi connectivity index (χ0n) is 14.7. The Bertz CT molecular complexity index is 428. The summed E-state index contributed by atoms with van der Waals surface area (Å²) in [6.45, 7) is 7.29. The highest BCUT2D eigenvalue weighted by Crippen LogP contribution is 2.20. The van der Waals surface area contributed by atoms with Crippen LogP contribution >= 0.6 is 0 Å². The lowest BCUT2D eigenvalue weighted by molar-refractivity contribution is -0.146. The van der Waals surface area contributed by atoms with Crippen LogP contribution in [0.1, 0.15) is 46.5 Å². The lowest BCUT2D eigenvalue weighted by Crippen LogP contribution is -2.45. The van der Waals surface area contributed by atoms with Gasteiger partial charge in [-0.25, -0.2) is 0 Å². The Morgan fingerprint density at radius 1 is 1.22 bits per heavy atom. The smallest absolute Gasteiger partial charge is 0.306 e. The predicted molar refractivity (Wildman–Crippen MR) is 87.8 cm³/mol. The zero-order valence-corrected chi connectivity index (χ0v) is 14.7. The number of carbonyl (C=O) groups is 3. The van der Waals surface area contributed by atoms with Gasteiger partial charge in [0.25, 0.3) is 0 Å². The molecule has 1 fully saturated rings. The van der Waals surface area contributed by atoms with Crippen molar-refractivity contribution in [2.24, 2.45) is 17.8 Å². The van der Waals surface area contributed by atoms with Crippen molar-refractivity contribution < 1.29 is 19.5 Å². The van der Waals surface area contributed by atoms with Crippen LogP contribution < -0.4 is 0 Å². The van der Waals surface area contributed by atoms with Gasteiger partial charge in [-0.15, -0.1) is 0 Å². The summed E-state index contributed by atoms with van der Waals surface area (Å²) >= 11 is 0. The minimum absolute atomic E-state index is 0.000628. The van der Waals surface area contributed by atoms with E-state index >= 15 is 0 Å². The van der Waals surface area contributed by atoms with Crippen molar-refractivity contribution in [1.82, 2.24) is 9.80 Å². The molecule has 0 spiro atoms. The Kier molecular flexibility index (Phi) is 7.52. The fraction of sp³-hybridized carbons (Fsp3) is 0.824. The SMILES string of the molecule is CCC(CC(=O)N(C)CC(=O)N1CCC(C(=O)O)CC1)C(C)C. The van der Waals surface area contributed by atoms with Crippen molar-refractivity contribution >= 4 is 17.8 Å². The highest BCUT2D eigenvalue weighted by molar-refractivity contribution is 5.85. The molecule has 1 atom stereocenters. The van der Waals surface area contributed by atoms with Crippen LogP contribution in [-0.4, -0.2) is 59.4 Å². The first-order valence-corrected chi connectivity index (χ1v) is 8.50. The first kappa shape index (κ1) is 19.5. The molecule has 0 saturated carbocycles. The van der Waals surface area contributed by atoms with Crippen LogP contribution in [0.2, 0.25) is 0 Å². The maximum Gasteiger partial charge on any atom is 0.306 e. The first-order valence-electron chi connectivity index (χ1n) is 8.50. The average molecular weight is 326 g/mol. The van der Waals surface area contributed by atoms with E-state index in [4.69, 9.17) is 5.11 Å². The molecule has 1 unspecified atom stereocenters. The summed E-state index contributed by atoms with van der Waals surface area (Å²) < 4.78 is 0. The number of likely N-dealkylation sites (tertiary alicyclic amines) is 1. The number of carboxylic acids is 1. The molecular formula is C17H30N2O4. The Balaban J connectivity index is 2.44. The largest absolute Gasteiger partial charge is 0.481 e. The molecule has 1 saturated heterocycles. The van der Waals surface area contributed by atoms with Gasteiger partial charge >= 0.3 is 5.97 Å². The van der Waals surface area contributed by atoms with Crippen molar-refractivity contribution in [2.45, 2.75) is 46.5 Å². The Morgan fingerprint density at radius 2 is 1.78 bits per heavy atom. The molecule has 1 N–H and O–H groups in total. The van der Waals surface area contributed by atoms with E-state index in [1.54, 1.807) is 11.9 Å². The van der Waals surface area contributed by atoms with E-state index in [-0.39, 0.29) is 24.3 Å². The summed E-state index contributed by atoms with van der Waals surface area (Å²) in [5.74, 6) is -0.450. The van der Waals surface area contributed by atoms with Gasteiger partial charge in [-0.05, 0) is 24.7 Å². The number of nitrogens with zero attached hydrogens (tertiary/aromatic N) is 2. The lowest BCUT2D eigenvalue weighted by atomic mass is 9.90. The van der Waals surface area contributed by atoms with Crippen molar-refractivity contribution in [1.29, 1.82) is 0 Å². The number of hydrogen-bond acceptors (Lipinski definition) is 3. The zero-order chi connectivity index (χ0) is 17.6. The summed E-state index contributed by atoms with van der Waals surface area (Å²) in [6.07, 6.45) is 2.40. The molecule has 2 amide bonds. The number of piperidine rings is 1. The Morgan fingerprint density at radius 3 is 2.22 bits per heavy atom. The summed E-state index contributed by atoms with van der Waals surface area (Å²) in [5.41, 5.74) is 0. The minimum Gasteiger partial charge on any atom is -0.481 e. The normalized spacial score (nSPS) is 17.2. The van der Waals surface area contributed by atoms with E-state index in [1.165, 1.54) is 4.90 Å². The molecule has 0 aliphatic carbocycles. The summed E-state index contributed by atoms with van der Waals surface area (Å²) in [4.78, 5) is 38.6. The molecule has 1 aliphatic heterocycles. The van der Waals surface area contributed by atoms with Crippen molar-refractivity contribution in [3.63, 3.8) is 0 Å². The molecule has 0 aromatic rings. The molecule has 0 aromatic carbocycles. The van der Waals surface area contributed by atoms with E-state index in [9.17, 15) is 14.4 Å². The quantitative estimate of drug-likeness (QED) is 0.774. The third-order valence-electron chi connectivity index (χ3n) is 4.90. The van der Waals surface area contributed by atoms with Gasteiger partial charge in [0.15, 0.2) is 0 Å². The Hall–Kier alpha value is -1.59. The molecule has 0 aromatic heterocycles. The molecule has 0 radical (unpaired) electrons. The molecule has 0 bridgehead atoms. The van der Waals surface area contributed by atoms with Gasteiger partial charge in [0, 0.05) is 26.6 Å². The van der Waals surface area contributed by atoms with Gasteiger partial charge in [-0.2, -0.15) is 0 Å². The molecule has 23 heavy (non-hydrogen) atoms. The highest BCUT2D eigenvalue weighted by Gasteiger charge is 2.28. The van der Waals surface area contributed by atoms with E-state index in [1.807, 2.05) is 0 Å². The average Bonchev–Trinajstić information content (AvgIpc) is 2.51. The second-order valence-corrected chi connectivity index (χ2v) is 6.86. The molecule has 1 aliphatic rings. The Labute approximate surface area is 138 Å². The molecule has 6 heteroatoms. The van der Waals surface area contributed by atoms with Crippen molar-refractivity contribution in [3.05, 3.63) is 0 Å². The molecule has 132 valence electrons. The molecular weight excluding hydrogens is 296 g/mol. The van der Waals surface area contributed by atoms with Crippen LogP contribution in [0.5, 0.6) is 0 Å². The van der Waals surface area contributed by atoms with Crippen LogP contribution in [0.3, 0.4) is 0 Å². The van der Waals surface area contributed by atoms with Crippen molar-refractivity contribution in [3.8, 4) is 0 Å². The number of likely N-dealkylation sites (N-methyl/N-ethyl adjacent to an activating group) is 1. The number of aliphatic carboxylic acids is 1. The molecule has 1 rings (SSSR count). The minimum atomic E-state index is -0.788. The number of hydrogen-bond donors (Lipinski definition) is 1. The number of carbonyl (C=O) groups excluding carboxylic acids is 2. The fourth-order valence-corrected chi connectivity index (χ4v) is 3.00. The summed E-state index contributed by atoms with van der Waals surface area (Å²) in [7, 11) is 1.66. The molecule has 6 nitrogen and oxygen atoms in total. The second kappa shape index (κ2) is 8.89. The topological polar surface area (TPSA) is 77.9 Å². The predicted octanol–water partition coefficient (Wildman–Crippen LogP) is 1.84. The number of carboxylic acid groups (broad SMARTS) is 1. The van der Waals surface area contributed by atoms with Crippen molar-refractivity contribution in [2.75, 3.05) is 26.7 Å². The van der Waals surface area contributed by atoms with Crippen LogP contribution in [0.15, 0.2) is 0 Å². The fourth-order valence-electron chi connectivity index (χ4n) is 3.00. The van der Waals surface area contributed by atoms with E-state index in [0.29, 0.717) is 44.2 Å². The monoisotopic (exact) mass is 326 g/mol. The summed E-state index contributed by atoms with van der Waals surface area (Å²) in [5, 5.41) is 8.98. The maximum absolute atomic E-state index is 12.3. The van der Waals surface area contributed by atoms with E-state index in [2.05, 4.69) is 20.8 Å². The van der Waals surface area contributed by atoms with Gasteiger partial charge in [-0.1, -0.05) is 27.2 Å². The highest BCUT2D eigenvalue weighted by atomic mass is 16.4. The standard InChI is InChI=1S/C17H30N2O4/c1-5-13(12(2)3)10-15(20)18(4)11-16(21)19-8-6-14(7-9-19)17(22)23/h12-14H,5-11H2,1-4H3,(H,22,23). The van der Waals surface area contributed by atoms with E-state index < -0.39 is 5.97 Å².